The molecule has 1 fully saturated rings. The molecule has 1 atom stereocenters. The van der Waals surface area contributed by atoms with Gasteiger partial charge >= 0.3 is 6.03 Å². The fraction of sp³-hybridized carbons (Fsp3) is 0.400. The molecule has 0 spiro atoms. The van der Waals surface area contributed by atoms with Crippen molar-refractivity contribution in [3.63, 3.8) is 0 Å². The maximum atomic E-state index is 12.8. The minimum absolute atomic E-state index is 0.0193. The van der Waals surface area contributed by atoms with Gasteiger partial charge in [0.25, 0.3) is 0 Å². The number of hydrogen-bond acceptors (Lipinski definition) is 4. The van der Waals surface area contributed by atoms with Gasteiger partial charge in [-0.25, -0.2) is 4.79 Å². The van der Waals surface area contributed by atoms with Crippen LogP contribution in [0.1, 0.15) is 42.5 Å². The third-order valence-corrected chi connectivity index (χ3v) is 5.86. The van der Waals surface area contributed by atoms with Crippen LogP contribution in [0.4, 0.5) is 4.79 Å². The Kier molecular flexibility index (Phi) is 7.38. The van der Waals surface area contributed by atoms with Crippen LogP contribution in [-0.2, 0) is 19.7 Å². The average molecular weight is 434 g/mol. The lowest BCUT2D eigenvalue weighted by Gasteiger charge is -2.35. The van der Waals surface area contributed by atoms with E-state index >= 15 is 0 Å². The number of nitrogens with one attached hydrogen (secondary N) is 1. The van der Waals surface area contributed by atoms with Gasteiger partial charge in [0.2, 0.25) is 0 Å². The molecule has 4 rings (SSSR count). The second-order valence-electron chi connectivity index (χ2n) is 8.35. The third kappa shape index (κ3) is 6.09. The summed E-state index contributed by atoms with van der Waals surface area (Å²) < 4.78 is 7.59. The van der Waals surface area contributed by atoms with Crippen molar-refractivity contribution in [2.75, 3.05) is 6.54 Å². The molecule has 2 heterocycles. The van der Waals surface area contributed by atoms with E-state index in [0.29, 0.717) is 13.2 Å². The molecular weight excluding hydrogens is 402 g/mol. The van der Waals surface area contributed by atoms with Gasteiger partial charge in [0.1, 0.15) is 18.1 Å². The van der Waals surface area contributed by atoms with Gasteiger partial charge in [-0.3, -0.25) is 4.68 Å². The van der Waals surface area contributed by atoms with Crippen LogP contribution in [-0.4, -0.2) is 38.5 Å². The zero-order valence-electron chi connectivity index (χ0n) is 18.6. The number of likely N-dealkylation sites (tertiary alicyclic amines) is 1. The number of aryl methyl sites for hydroxylation is 2. The minimum atomic E-state index is 0.0193. The Morgan fingerprint density at radius 3 is 2.75 bits per heavy atom. The van der Waals surface area contributed by atoms with Crippen molar-refractivity contribution in [1.29, 1.82) is 0 Å². The summed E-state index contributed by atoms with van der Waals surface area (Å²) >= 11 is 0. The van der Waals surface area contributed by atoms with E-state index in [1.54, 1.807) is 0 Å². The second-order valence-corrected chi connectivity index (χ2v) is 8.35. The Balaban J connectivity index is 1.26. The Hall–Kier alpha value is -3.35. The van der Waals surface area contributed by atoms with E-state index < -0.39 is 0 Å². The standard InChI is InChI=1S/C25H31N5O2/c1-20-10-12-21(13-11-20)17-26-25(31)30-15-6-5-7-23(30)14-16-29-18-22(27-28-29)19-32-24-8-3-2-4-9-24/h2-4,8-13,18,23H,5-7,14-17,19H2,1H3,(H,26,31). The van der Waals surface area contributed by atoms with Gasteiger partial charge in [-0.1, -0.05) is 53.2 Å². The highest BCUT2D eigenvalue weighted by atomic mass is 16.5. The number of carbonyl (C=O) groups excluding carboxylic acids is 1. The highest BCUT2D eigenvalue weighted by Crippen LogP contribution is 2.20. The quantitative estimate of drug-likeness (QED) is 0.574. The molecule has 0 saturated carbocycles. The van der Waals surface area contributed by atoms with Gasteiger partial charge in [0.15, 0.2) is 0 Å². The first-order valence-electron chi connectivity index (χ1n) is 11.3. The number of nitrogens with zero attached hydrogens (tertiary/aromatic N) is 4. The van der Waals surface area contributed by atoms with Gasteiger partial charge in [0.05, 0.1) is 6.20 Å². The molecular formula is C25H31N5O2. The summed E-state index contributed by atoms with van der Waals surface area (Å²) in [5, 5.41) is 11.5. The molecule has 0 aliphatic carbocycles. The van der Waals surface area contributed by atoms with E-state index in [4.69, 9.17) is 4.74 Å². The predicted molar refractivity (Wildman–Crippen MR) is 123 cm³/mol. The summed E-state index contributed by atoms with van der Waals surface area (Å²) in [4.78, 5) is 14.8. The number of urea groups is 1. The highest BCUT2D eigenvalue weighted by Gasteiger charge is 2.26. The van der Waals surface area contributed by atoms with Crippen LogP contribution in [0.2, 0.25) is 0 Å². The zero-order chi connectivity index (χ0) is 22.2. The van der Waals surface area contributed by atoms with Gasteiger partial charge in [-0.05, 0) is 50.3 Å². The molecule has 1 aromatic heterocycles. The normalized spacial score (nSPS) is 16.0. The molecule has 3 aromatic rings. The van der Waals surface area contributed by atoms with Crippen molar-refractivity contribution < 1.29 is 9.53 Å². The Labute approximate surface area is 189 Å². The Morgan fingerprint density at radius 1 is 1.12 bits per heavy atom. The van der Waals surface area contributed by atoms with Crippen molar-refractivity contribution in [3.05, 3.63) is 77.6 Å². The van der Waals surface area contributed by atoms with E-state index in [2.05, 4.69) is 46.8 Å². The first kappa shape index (κ1) is 21.9. The molecule has 7 nitrogen and oxygen atoms in total. The van der Waals surface area contributed by atoms with Crippen molar-refractivity contribution >= 4 is 6.03 Å². The van der Waals surface area contributed by atoms with Gasteiger partial charge in [-0.15, -0.1) is 5.10 Å². The summed E-state index contributed by atoms with van der Waals surface area (Å²) in [7, 11) is 0. The van der Waals surface area contributed by atoms with Crippen molar-refractivity contribution in [2.45, 2.75) is 58.3 Å². The maximum absolute atomic E-state index is 12.8. The van der Waals surface area contributed by atoms with Gasteiger partial charge in [0, 0.05) is 25.7 Å². The fourth-order valence-corrected chi connectivity index (χ4v) is 4.02. The number of piperidine rings is 1. The molecule has 1 saturated heterocycles. The van der Waals surface area contributed by atoms with Crippen LogP contribution in [0.3, 0.4) is 0 Å². The first-order chi connectivity index (χ1) is 15.7. The molecule has 1 unspecified atom stereocenters. The summed E-state index contributed by atoms with van der Waals surface area (Å²) in [5.41, 5.74) is 3.13. The monoisotopic (exact) mass is 433 g/mol. The second kappa shape index (κ2) is 10.8. The summed E-state index contributed by atoms with van der Waals surface area (Å²) in [6.07, 6.45) is 6.02. The molecule has 32 heavy (non-hydrogen) atoms. The van der Waals surface area contributed by atoms with E-state index in [-0.39, 0.29) is 12.1 Å². The number of benzene rings is 2. The first-order valence-corrected chi connectivity index (χ1v) is 11.3. The van der Waals surface area contributed by atoms with E-state index in [0.717, 1.165) is 55.8 Å². The number of ether oxygens (including phenoxy) is 1. The van der Waals surface area contributed by atoms with Crippen LogP contribution >= 0.6 is 0 Å². The predicted octanol–water partition coefficient (Wildman–Crippen LogP) is 4.32. The van der Waals surface area contributed by atoms with Crippen molar-refractivity contribution in [2.24, 2.45) is 0 Å². The van der Waals surface area contributed by atoms with Crippen LogP contribution in [0.15, 0.2) is 60.8 Å². The van der Waals surface area contributed by atoms with E-state index in [1.165, 1.54) is 5.56 Å². The largest absolute Gasteiger partial charge is 0.487 e. The minimum Gasteiger partial charge on any atom is -0.487 e. The summed E-state index contributed by atoms with van der Waals surface area (Å²) in [6, 6.07) is 18.2. The molecule has 2 aromatic carbocycles. The molecule has 2 amide bonds. The number of para-hydroxylation sites is 1. The Bertz CT molecular complexity index is 987. The highest BCUT2D eigenvalue weighted by molar-refractivity contribution is 5.74. The number of hydrogen-bond donors (Lipinski definition) is 1. The number of aromatic nitrogens is 3. The van der Waals surface area contributed by atoms with Gasteiger partial charge in [-0.2, -0.15) is 0 Å². The van der Waals surface area contributed by atoms with Crippen LogP contribution in [0, 0.1) is 6.92 Å². The average Bonchev–Trinajstić information content (AvgIpc) is 3.29. The number of rotatable bonds is 8. The molecule has 168 valence electrons. The lowest BCUT2D eigenvalue weighted by Crippen LogP contribution is -2.48. The zero-order valence-corrected chi connectivity index (χ0v) is 18.6. The smallest absolute Gasteiger partial charge is 0.317 e. The van der Waals surface area contributed by atoms with E-state index in [9.17, 15) is 4.79 Å². The molecule has 1 aliphatic rings. The lowest BCUT2D eigenvalue weighted by atomic mass is 10.00. The van der Waals surface area contributed by atoms with Crippen LogP contribution in [0.5, 0.6) is 5.75 Å². The fourth-order valence-electron chi connectivity index (χ4n) is 4.02. The molecule has 0 radical (unpaired) electrons. The van der Waals surface area contributed by atoms with Crippen molar-refractivity contribution in [1.82, 2.24) is 25.2 Å². The molecule has 1 N–H and O–H groups in total. The van der Waals surface area contributed by atoms with Gasteiger partial charge < -0.3 is 15.0 Å². The Morgan fingerprint density at radius 2 is 1.94 bits per heavy atom. The molecule has 1 aliphatic heterocycles. The summed E-state index contributed by atoms with van der Waals surface area (Å²) in [5.74, 6) is 0.816. The number of amides is 2. The van der Waals surface area contributed by atoms with Crippen molar-refractivity contribution in [3.8, 4) is 5.75 Å². The maximum Gasteiger partial charge on any atom is 0.317 e. The molecule has 7 heteroatoms. The number of carbonyl (C=O) groups is 1. The third-order valence-electron chi connectivity index (χ3n) is 5.86. The molecule has 0 bridgehead atoms. The topological polar surface area (TPSA) is 72.3 Å². The van der Waals surface area contributed by atoms with E-state index in [1.807, 2.05) is 46.1 Å². The SMILES string of the molecule is Cc1ccc(CNC(=O)N2CCCCC2CCn2cc(COc3ccccc3)nn2)cc1. The van der Waals surface area contributed by atoms with Crippen LogP contribution in [0.25, 0.3) is 0 Å². The van der Waals surface area contributed by atoms with Crippen LogP contribution < -0.4 is 10.1 Å². The summed E-state index contributed by atoms with van der Waals surface area (Å²) in [6.45, 7) is 4.54. The lowest BCUT2D eigenvalue weighted by molar-refractivity contribution is 0.143.